The number of carboxylic acid groups (broad SMARTS) is 1. The summed E-state index contributed by atoms with van der Waals surface area (Å²) in [4.78, 5) is 21.3. The molecule has 0 bridgehead atoms. The number of tetrazole rings is 1. The van der Waals surface area contributed by atoms with Crippen LogP contribution < -0.4 is 0 Å². The quantitative estimate of drug-likeness (QED) is 0.590. The number of nitro groups is 1. The summed E-state index contributed by atoms with van der Waals surface area (Å²) in [5, 5.41) is 35.0. The Morgan fingerprint density at radius 3 is 2.76 bits per heavy atom. The largest absolute Gasteiger partial charge is 0.480 e. The smallest absolute Gasteiger partial charge is 0.325 e. The van der Waals surface area contributed by atoms with E-state index in [0.717, 1.165) is 16.4 Å². The van der Waals surface area contributed by atoms with E-state index >= 15 is 0 Å². The average molecular weight is 313 g/mol. The maximum atomic E-state index is 11.1. The predicted octanol–water partition coefficient (Wildman–Crippen LogP) is 0.342. The predicted molar refractivity (Wildman–Crippen MR) is 68.9 cm³/mol. The van der Waals surface area contributed by atoms with Gasteiger partial charge in [0.05, 0.1) is 4.92 Å². The standard InChI is InChI=1S/C9H11N7O4S/c1-3-14-8(7(16(19)20)5(2)11-14)21-9-10-12-13-15(9)4-6(17)18/h3-4H2,1-2H3,(H,17,18). The van der Waals surface area contributed by atoms with Gasteiger partial charge in [-0.2, -0.15) is 5.10 Å². The fourth-order valence-electron chi connectivity index (χ4n) is 1.66. The number of aliphatic carboxylic acids is 1. The second kappa shape index (κ2) is 5.87. The first-order valence-corrected chi connectivity index (χ1v) is 6.63. The highest BCUT2D eigenvalue weighted by atomic mass is 32.2. The van der Waals surface area contributed by atoms with Crippen molar-refractivity contribution >= 4 is 23.4 Å². The molecule has 0 saturated heterocycles. The highest BCUT2D eigenvalue weighted by Crippen LogP contribution is 2.35. The molecule has 0 aliphatic carbocycles. The molecule has 0 aromatic carbocycles. The van der Waals surface area contributed by atoms with Gasteiger partial charge in [0.1, 0.15) is 12.2 Å². The maximum absolute atomic E-state index is 11.1. The molecular formula is C9H11N7O4S. The van der Waals surface area contributed by atoms with Gasteiger partial charge in [0.15, 0.2) is 5.03 Å². The number of carboxylic acids is 1. The second-order valence-corrected chi connectivity index (χ2v) is 4.88. The highest BCUT2D eigenvalue weighted by Gasteiger charge is 2.27. The van der Waals surface area contributed by atoms with Crippen molar-refractivity contribution < 1.29 is 14.8 Å². The Morgan fingerprint density at radius 1 is 1.48 bits per heavy atom. The van der Waals surface area contributed by atoms with Crippen molar-refractivity contribution in [3.8, 4) is 0 Å². The van der Waals surface area contributed by atoms with Gasteiger partial charge in [0.25, 0.3) is 0 Å². The van der Waals surface area contributed by atoms with Gasteiger partial charge in [-0.15, -0.1) is 5.10 Å². The number of aryl methyl sites for hydroxylation is 2. The van der Waals surface area contributed by atoms with Gasteiger partial charge in [-0.05, 0) is 36.0 Å². The third-order valence-corrected chi connectivity index (χ3v) is 3.58. The molecule has 0 aliphatic rings. The molecule has 0 radical (unpaired) electrons. The number of rotatable bonds is 6. The van der Waals surface area contributed by atoms with Crippen molar-refractivity contribution in [1.29, 1.82) is 0 Å². The van der Waals surface area contributed by atoms with Gasteiger partial charge in [0.2, 0.25) is 5.16 Å². The van der Waals surface area contributed by atoms with Crippen molar-refractivity contribution in [3.63, 3.8) is 0 Å². The Kier molecular flexibility index (Phi) is 4.16. The SMILES string of the molecule is CCn1nc(C)c([N+](=O)[O-])c1Sc1nnnn1CC(=O)O. The molecule has 21 heavy (non-hydrogen) atoms. The number of hydrogen-bond acceptors (Lipinski definition) is 8. The Hall–Kier alpha value is -2.50. The first kappa shape index (κ1) is 14.9. The molecule has 0 spiro atoms. The fraction of sp³-hybridized carbons (Fsp3) is 0.444. The molecule has 12 heteroatoms. The van der Waals surface area contributed by atoms with Gasteiger partial charge in [-0.25, -0.2) is 4.68 Å². The molecule has 11 nitrogen and oxygen atoms in total. The molecule has 2 aromatic rings. The van der Waals surface area contributed by atoms with Crippen LogP contribution in [-0.2, 0) is 17.9 Å². The van der Waals surface area contributed by atoms with Crippen molar-refractivity contribution in [3.05, 3.63) is 15.8 Å². The topological polar surface area (TPSA) is 142 Å². The van der Waals surface area contributed by atoms with E-state index in [1.54, 1.807) is 6.92 Å². The first-order chi connectivity index (χ1) is 9.93. The van der Waals surface area contributed by atoms with Crippen molar-refractivity contribution in [2.75, 3.05) is 0 Å². The summed E-state index contributed by atoms with van der Waals surface area (Å²) in [6.45, 7) is 3.33. The van der Waals surface area contributed by atoms with Gasteiger partial charge in [0, 0.05) is 6.54 Å². The van der Waals surface area contributed by atoms with Crippen LogP contribution in [0.3, 0.4) is 0 Å². The van der Waals surface area contributed by atoms with E-state index in [4.69, 9.17) is 5.11 Å². The molecule has 0 aliphatic heterocycles. The van der Waals surface area contributed by atoms with Crippen LogP contribution in [0.25, 0.3) is 0 Å². The molecule has 1 N–H and O–H groups in total. The number of aromatic nitrogens is 6. The van der Waals surface area contributed by atoms with E-state index in [1.807, 2.05) is 0 Å². The summed E-state index contributed by atoms with van der Waals surface area (Å²) in [6.07, 6.45) is 0. The van der Waals surface area contributed by atoms with E-state index in [2.05, 4.69) is 20.6 Å². The van der Waals surface area contributed by atoms with Gasteiger partial charge < -0.3 is 5.11 Å². The molecule has 2 rings (SSSR count). The molecule has 2 aromatic heterocycles. The van der Waals surface area contributed by atoms with E-state index in [0.29, 0.717) is 6.54 Å². The lowest BCUT2D eigenvalue weighted by atomic mass is 10.4. The second-order valence-electron chi connectivity index (χ2n) is 3.93. The Labute approximate surface area is 122 Å². The molecule has 112 valence electrons. The van der Waals surface area contributed by atoms with Gasteiger partial charge in [-0.3, -0.25) is 19.6 Å². The minimum atomic E-state index is -1.11. The van der Waals surface area contributed by atoms with Crippen LogP contribution in [0.4, 0.5) is 5.69 Å². The number of nitrogens with zero attached hydrogens (tertiary/aromatic N) is 7. The average Bonchev–Trinajstić information content (AvgIpc) is 2.94. The van der Waals surface area contributed by atoms with E-state index in [-0.39, 0.29) is 21.6 Å². The summed E-state index contributed by atoms with van der Waals surface area (Å²) in [7, 11) is 0. The Morgan fingerprint density at radius 2 is 2.19 bits per heavy atom. The van der Waals surface area contributed by atoms with E-state index in [9.17, 15) is 14.9 Å². The van der Waals surface area contributed by atoms with Crippen LogP contribution in [-0.4, -0.2) is 46.0 Å². The Balaban J connectivity index is 2.42. The summed E-state index contributed by atoms with van der Waals surface area (Å²) >= 11 is 0.912. The number of hydrogen-bond donors (Lipinski definition) is 1. The molecular weight excluding hydrogens is 302 g/mol. The number of carbonyl (C=O) groups is 1. The van der Waals surface area contributed by atoms with E-state index in [1.165, 1.54) is 11.6 Å². The van der Waals surface area contributed by atoms with Gasteiger partial charge in [-0.1, -0.05) is 0 Å². The molecule has 0 atom stereocenters. The zero-order chi connectivity index (χ0) is 15.6. The monoisotopic (exact) mass is 313 g/mol. The van der Waals surface area contributed by atoms with Crippen LogP contribution in [0.5, 0.6) is 0 Å². The minimum absolute atomic E-state index is 0.133. The summed E-state index contributed by atoms with van der Waals surface area (Å²) in [5.41, 5.74) is 0.147. The summed E-state index contributed by atoms with van der Waals surface area (Å²) < 4.78 is 2.51. The highest BCUT2D eigenvalue weighted by molar-refractivity contribution is 7.99. The third kappa shape index (κ3) is 2.99. The van der Waals surface area contributed by atoms with Crippen LogP contribution in [0.15, 0.2) is 10.2 Å². The zero-order valence-electron chi connectivity index (χ0n) is 11.1. The lowest BCUT2D eigenvalue weighted by Gasteiger charge is -2.03. The normalized spacial score (nSPS) is 10.8. The van der Waals surface area contributed by atoms with Gasteiger partial charge >= 0.3 is 11.7 Å². The van der Waals surface area contributed by atoms with E-state index < -0.39 is 17.4 Å². The maximum Gasteiger partial charge on any atom is 0.325 e. The lowest BCUT2D eigenvalue weighted by Crippen LogP contribution is -2.11. The molecule has 0 saturated carbocycles. The van der Waals surface area contributed by atoms with Crippen molar-refractivity contribution in [2.45, 2.75) is 37.1 Å². The third-order valence-electron chi connectivity index (χ3n) is 2.50. The molecule has 0 amide bonds. The minimum Gasteiger partial charge on any atom is -0.480 e. The van der Waals surface area contributed by atoms with Crippen molar-refractivity contribution in [1.82, 2.24) is 30.0 Å². The van der Waals surface area contributed by atoms with Crippen LogP contribution in [0, 0.1) is 17.0 Å². The molecule has 0 fully saturated rings. The molecule has 0 unspecified atom stereocenters. The zero-order valence-corrected chi connectivity index (χ0v) is 11.9. The Bertz CT molecular complexity index is 694. The first-order valence-electron chi connectivity index (χ1n) is 5.81. The summed E-state index contributed by atoms with van der Waals surface area (Å²) in [5.74, 6) is -1.11. The molecule has 2 heterocycles. The van der Waals surface area contributed by atoms with Crippen LogP contribution in [0.1, 0.15) is 12.6 Å². The fourth-order valence-corrected chi connectivity index (χ4v) is 2.71. The summed E-state index contributed by atoms with van der Waals surface area (Å²) in [6, 6.07) is 0. The van der Waals surface area contributed by atoms with Crippen LogP contribution in [0.2, 0.25) is 0 Å². The lowest BCUT2D eigenvalue weighted by molar-refractivity contribution is -0.388. The van der Waals surface area contributed by atoms with Crippen molar-refractivity contribution in [2.24, 2.45) is 0 Å². The van der Waals surface area contributed by atoms with Crippen LogP contribution >= 0.6 is 11.8 Å².